The average Bonchev–Trinajstić information content (AvgIpc) is 3.16. The first-order valence-corrected chi connectivity index (χ1v) is 6.53. The van der Waals surface area contributed by atoms with E-state index >= 15 is 0 Å². The molecule has 2 aliphatic rings. The number of carbonyl (C=O) groups is 1. The van der Waals surface area contributed by atoms with Gasteiger partial charge in [-0.25, -0.2) is 4.98 Å². The van der Waals surface area contributed by atoms with Gasteiger partial charge in [0.25, 0.3) is 5.91 Å². The molecule has 6 heteroatoms. The minimum Gasteiger partial charge on any atom is -0.381 e. The van der Waals surface area contributed by atoms with Gasteiger partial charge >= 0.3 is 0 Å². The Morgan fingerprint density at radius 2 is 2.06 bits per heavy atom. The van der Waals surface area contributed by atoms with Gasteiger partial charge in [-0.2, -0.15) is 0 Å². The van der Waals surface area contributed by atoms with Gasteiger partial charge in [0.1, 0.15) is 5.82 Å². The van der Waals surface area contributed by atoms with E-state index in [0.29, 0.717) is 11.7 Å². The van der Waals surface area contributed by atoms with Crippen molar-refractivity contribution in [3.05, 3.63) is 11.6 Å². The molecule has 0 bridgehead atoms. The van der Waals surface area contributed by atoms with Crippen LogP contribution >= 0.6 is 0 Å². The van der Waals surface area contributed by atoms with Crippen molar-refractivity contribution in [3.8, 4) is 0 Å². The summed E-state index contributed by atoms with van der Waals surface area (Å²) in [5.41, 5.74) is 0. The van der Waals surface area contributed by atoms with Crippen molar-refractivity contribution < 1.29 is 9.53 Å². The van der Waals surface area contributed by atoms with E-state index in [1.807, 2.05) is 7.05 Å². The monoisotopic (exact) mass is 250 g/mol. The molecule has 1 aliphatic heterocycles. The van der Waals surface area contributed by atoms with Crippen molar-refractivity contribution in [3.63, 3.8) is 0 Å². The van der Waals surface area contributed by atoms with Crippen LogP contribution in [0, 0.1) is 0 Å². The smallest absolute Gasteiger partial charge is 0.293 e. The molecular weight excluding hydrogens is 232 g/mol. The molecule has 18 heavy (non-hydrogen) atoms. The highest BCUT2D eigenvalue weighted by atomic mass is 16.5. The highest BCUT2D eigenvalue weighted by Gasteiger charge is 2.30. The second kappa shape index (κ2) is 4.68. The molecule has 0 atom stereocenters. The number of nitrogens with zero attached hydrogens (tertiary/aromatic N) is 3. The van der Waals surface area contributed by atoms with Crippen LogP contribution < -0.4 is 0 Å². The van der Waals surface area contributed by atoms with Crippen molar-refractivity contribution in [1.29, 1.82) is 0 Å². The lowest BCUT2D eigenvalue weighted by Crippen LogP contribution is -2.41. The molecule has 0 spiro atoms. The fourth-order valence-corrected chi connectivity index (χ4v) is 2.31. The highest BCUT2D eigenvalue weighted by molar-refractivity contribution is 5.90. The predicted octanol–water partition coefficient (Wildman–Crippen LogP) is 0.933. The SMILES string of the molecule is CN(C(=O)c1n[nH]c(C2CC2)n1)C1CCOCC1. The second-order valence-electron chi connectivity index (χ2n) is 5.08. The van der Waals surface area contributed by atoms with Crippen LogP contribution in [0.4, 0.5) is 0 Å². The van der Waals surface area contributed by atoms with Crippen LogP contribution in [0.5, 0.6) is 0 Å². The van der Waals surface area contributed by atoms with E-state index in [2.05, 4.69) is 15.2 Å². The number of nitrogens with one attached hydrogen (secondary N) is 1. The van der Waals surface area contributed by atoms with Gasteiger partial charge in [-0.05, 0) is 25.7 Å². The number of rotatable bonds is 3. The van der Waals surface area contributed by atoms with Crippen molar-refractivity contribution in [1.82, 2.24) is 20.1 Å². The number of ether oxygens (including phenoxy) is 1. The summed E-state index contributed by atoms with van der Waals surface area (Å²) >= 11 is 0. The summed E-state index contributed by atoms with van der Waals surface area (Å²) in [4.78, 5) is 18.3. The van der Waals surface area contributed by atoms with Crippen LogP contribution in [0.1, 0.15) is 48.0 Å². The number of aromatic nitrogens is 3. The van der Waals surface area contributed by atoms with E-state index in [4.69, 9.17) is 4.74 Å². The zero-order valence-corrected chi connectivity index (χ0v) is 10.6. The summed E-state index contributed by atoms with van der Waals surface area (Å²) in [6.45, 7) is 1.45. The average molecular weight is 250 g/mol. The normalized spacial score (nSPS) is 20.9. The van der Waals surface area contributed by atoms with Crippen LogP contribution in [-0.4, -0.2) is 52.3 Å². The van der Waals surface area contributed by atoms with E-state index < -0.39 is 0 Å². The van der Waals surface area contributed by atoms with Gasteiger partial charge in [0, 0.05) is 32.2 Å². The Morgan fingerprint density at radius 1 is 1.33 bits per heavy atom. The van der Waals surface area contributed by atoms with E-state index in [1.165, 1.54) is 0 Å². The van der Waals surface area contributed by atoms with Crippen LogP contribution in [0.15, 0.2) is 0 Å². The Labute approximate surface area is 106 Å². The quantitative estimate of drug-likeness (QED) is 0.866. The number of amides is 1. The predicted molar refractivity (Wildman–Crippen MR) is 64.3 cm³/mol. The van der Waals surface area contributed by atoms with Crippen LogP contribution in [-0.2, 0) is 4.74 Å². The number of carbonyl (C=O) groups excluding carboxylic acids is 1. The molecule has 1 saturated carbocycles. The third kappa shape index (κ3) is 2.25. The molecule has 0 aromatic carbocycles. The van der Waals surface area contributed by atoms with Crippen molar-refractivity contribution in [2.45, 2.75) is 37.6 Å². The Balaban J connectivity index is 1.67. The topological polar surface area (TPSA) is 71.1 Å². The Hall–Kier alpha value is -1.43. The Bertz CT molecular complexity index is 435. The van der Waals surface area contributed by atoms with E-state index in [9.17, 15) is 4.79 Å². The standard InChI is InChI=1S/C12H18N4O2/c1-16(9-4-6-18-7-5-9)12(17)11-13-10(14-15-11)8-2-3-8/h8-9H,2-7H2,1H3,(H,13,14,15). The van der Waals surface area contributed by atoms with Crippen molar-refractivity contribution in [2.24, 2.45) is 0 Å². The minimum absolute atomic E-state index is 0.0925. The molecule has 1 saturated heterocycles. The maximum Gasteiger partial charge on any atom is 0.293 e. The third-order valence-corrected chi connectivity index (χ3v) is 3.72. The highest BCUT2D eigenvalue weighted by Crippen LogP contribution is 2.37. The number of aromatic amines is 1. The van der Waals surface area contributed by atoms with Gasteiger partial charge in [0.2, 0.25) is 5.82 Å². The van der Waals surface area contributed by atoms with Gasteiger partial charge in [-0.1, -0.05) is 0 Å². The molecule has 1 aromatic heterocycles. The lowest BCUT2D eigenvalue weighted by Gasteiger charge is -2.30. The zero-order valence-electron chi connectivity index (χ0n) is 10.6. The van der Waals surface area contributed by atoms with Gasteiger partial charge in [-0.3, -0.25) is 9.89 Å². The maximum atomic E-state index is 12.2. The van der Waals surface area contributed by atoms with Gasteiger partial charge in [0.15, 0.2) is 0 Å². The number of H-pyrrole nitrogens is 1. The number of hydrogen-bond donors (Lipinski definition) is 1. The first kappa shape index (κ1) is 11.6. The maximum absolute atomic E-state index is 12.2. The summed E-state index contributed by atoms with van der Waals surface area (Å²) in [7, 11) is 1.82. The minimum atomic E-state index is -0.0925. The molecule has 1 N–H and O–H groups in total. The fourth-order valence-electron chi connectivity index (χ4n) is 2.31. The first-order chi connectivity index (χ1) is 8.75. The third-order valence-electron chi connectivity index (χ3n) is 3.72. The molecule has 6 nitrogen and oxygen atoms in total. The largest absolute Gasteiger partial charge is 0.381 e. The lowest BCUT2D eigenvalue weighted by molar-refractivity contribution is 0.0355. The molecule has 2 heterocycles. The van der Waals surface area contributed by atoms with Crippen LogP contribution in [0.25, 0.3) is 0 Å². The van der Waals surface area contributed by atoms with E-state index in [1.54, 1.807) is 4.90 Å². The molecule has 2 fully saturated rings. The molecule has 0 unspecified atom stereocenters. The van der Waals surface area contributed by atoms with Crippen LogP contribution in [0.2, 0.25) is 0 Å². The number of hydrogen-bond acceptors (Lipinski definition) is 4. The van der Waals surface area contributed by atoms with E-state index in [0.717, 1.165) is 44.7 Å². The second-order valence-corrected chi connectivity index (χ2v) is 5.08. The van der Waals surface area contributed by atoms with Gasteiger partial charge in [-0.15, -0.1) is 5.10 Å². The summed E-state index contributed by atoms with van der Waals surface area (Å²) in [6, 6.07) is 0.245. The molecule has 3 rings (SSSR count). The molecular formula is C12H18N4O2. The van der Waals surface area contributed by atoms with Gasteiger partial charge < -0.3 is 9.64 Å². The molecule has 98 valence electrons. The first-order valence-electron chi connectivity index (χ1n) is 6.53. The molecule has 1 amide bonds. The Morgan fingerprint density at radius 3 is 2.72 bits per heavy atom. The van der Waals surface area contributed by atoms with Crippen molar-refractivity contribution in [2.75, 3.05) is 20.3 Å². The van der Waals surface area contributed by atoms with E-state index in [-0.39, 0.29) is 11.9 Å². The Kier molecular flexibility index (Phi) is 3.03. The summed E-state index contributed by atoms with van der Waals surface area (Å²) in [6.07, 6.45) is 4.08. The summed E-state index contributed by atoms with van der Waals surface area (Å²) in [5.74, 6) is 1.56. The molecule has 1 aromatic rings. The zero-order chi connectivity index (χ0) is 12.5. The van der Waals surface area contributed by atoms with Crippen molar-refractivity contribution >= 4 is 5.91 Å². The van der Waals surface area contributed by atoms with Gasteiger partial charge in [0.05, 0.1) is 0 Å². The lowest BCUT2D eigenvalue weighted by atomic mass is 10.1. The van der Waals surface area contributed by atoms with Crippen LogP contribution in [0.3, 0.4) is 0 Å². The molecule has 1 aliphatic carbocycles. The summed E-state index contributed by atoms with van der Waals surface area (Å²) in [5, 5.41) is 6.91. The summed E-state index contributed by atoms with van der Waals surface area (Å²) < 4.78 is 5.30. The molecule has 0 radical (unpaired) electrons. The fraction of sp³-hybridized carbons (Fsp3) is 0.750.